The molecule has 1 unspecified atom stereocenters. The molecule has 0 bridgehead atoms. The maximum atomic E-state index is 13.0. The molecule has 1 aromatic rings. The third-order valence-corrected chi connectivity index (χ3v) is 7.23. The minimum Gasteiger partial charge on any atom is -0.207 e. The third-order valence-electron chi connectivity index (χ3n) is 3.72. The lowest BCUT2D eigenvalue weighted by Gasteiger charge is -2.31. The van der Waals surface area contributed by atoms with E-state index in [1.165, 1.54) is 0 Å². The highest BCUT2D eigenvalue weighted by atomic mass is 79.9. The van der Waals surface area contributed by atoms with Crippen molar-refractivity contribution in [3.05, 3.63) is 27.1 Å². The largest absolute Gasteiger partial charge is 0.244 e. The van der Waals surface area contributed by atoms with Crippen molar-refractivity contribution in [3.8, 4) is 0 Å². The van der Waals surface area contributed by atoms with E-state index in [1.54, 1.807) is 22.5 Å². The molecule has 0 spiro atoms. The van der Waals surface area contributed by atoms with Gasteiger partial charge in [-0.3, -0.25) is 0 Å². The predicted molar refractivity (Wildman–Crippen MR) is 88.2 cm³/mol. The van der Waals surface area contributed by atoms with E-state index < -0.39 is 10.0 Å². The summed E-state index contributed by atoms with van der Waals surface area (Å²) in [5, 5.41) is 0. The molecule has 0 aromatic heterocycles. The van der Waals surface area contributed by atoms with Crippen LogP contribution in [0.15, 0.2) is 32.0 Å². The summed E-state index contributed by atoms with van der Waals surface area (Å²) in [7, 11) is -3.46. The van der Waals surface area contributed by atoms with Crippen LogP contribution in [0.1, 0.15) is 33.6 Å². The highest BCUT2D eigenvalue weighted by Gasteiger charge is 2.42. The van der Waals surface area contributed by atoms with Crippen LogP contribution in [0.4, 0.5) is 0 Å². The topological polar surface area (TPSA) is 37.4 Å². The molecule has 1 aliphatic carbocycles. The summed E-state index contributed by atoms with van der Waals surface area (Å²) in [6, 6.07) is 5.36. The second-order valence-electron chi connectivity index (χ2n) is 5.63. The molecule has 112 valence electrons. The van der Waals surface area contributed by atoms with Crippen molar-refractivity contribution in [2.24, 2.45) is 5.92 Å². The van der Waals surface area contributed by atoms with Crippen molar-refractivity contribution in [1.29, 1.82) is 0 Å². The highest BCUT2D eigenvalue weighted by Crippen LogP contribution is 2.37. The second kappa shape index (κ2) is 6.07. The minimum atomic E-state index is -3.46. The first-order valence-corrected chi connectivity index (χ1v) is 9.76. The van der Waals surface area contributed by atoms with Crippen LogP contribution in [0.5, 0.6) is 0 Å². The lowest BCUT2D eigenvalue weighted by Crippen LogP contribution is -2.43. The molecule has 6 heteroatoms. The van der Waals surface area contributed by atoms with E-state index in [4.69, 9.17) is 0 Å². The molecular formula is C14H19Br2NO2S. The average Bonchev–Trinajstić information content (AvgIpc) is 3.12. The normalized spacial score (nSPS) is 17.8. The van der Waals surface area contributed by atoms with Gasteiger partial charge in [-0.15, -0.1) is 0 Å². The van der Waals surface area contributed by atoms with Gasteiger partial charge in [-0.05, 0) is 59.8 Å². The van der Waals surface area contributed by atoms with Crippen molar-refractivity contribution >= 4 is 41.9 Å². The molecule has 1 fully saturated rings. The van der Waals surface area contributed by atoms with Crippen LogP contribution in [-0.2, 0) is 10.0 Å². The molecule has 0 heterocycles. The maximum absolute atomic E-state index is 13.0. The molecule has 0 amide bonds. The standard InChI is InChI=1S/C14H19Br2NO2S/c1-9(2)10(3)17(12-5-6-12)20(18,19)14-7-4-11(15)8-13(14)16/h4,7-10,12H,5-6H2,1-3H3. The van der Waals surface area contributed by atoms with Crippen LogP contribution in [0, 0.1) is 5.92 Å². The molecule has 2 rings (SSSR count). The van der Waals surface area contributed by atoms with Gasteiger partial charge in [0, 0.05) is 21.0 Å². The van der Waals surface area contributed by atoms with E-state index in [0.29, 0.717) is 15.3 Å². The van der Waals surface area contributed by atoms with Crippen LogP contribution < -0.4 is 0 Å². The molecule has 1 aromatic carbocycles. The third kappa shape index (κ3) is 3.29. The Morgan fingerprint density at radius 1 is 1.20 bits per heavy atom. The van der Waals surface area contributed by atoms with Crippen LogP contribution >= 0.6 is 31.9 Å². The zero-order chi connectivity index (χ0) is 15.1. The van der Waals surface area contributed by atoms with Crippen molar-refractivity contribution in [2.75, 3.05) is 0 Å². The molecule has 0 saturated heterocycles. The van der Waals surface area contributed by atoms with Crippen molar-refractivity contribution in [2.45, 2.75) is 50.6 Å². The number of halogens is 2. The Bertz CT molecular complexity index is 597. The Morgan fingerprint density at radius 3 is 2.25 bits per heavy atom. The summed E-state index contributed by atoms with van der Waals surface area (Å²) in [4.78, 5) is 0.347. The average molecular weight is 425 g/mol. The summed E-state index contributed by atoms with van der Waals surface area (Å²) in [5.41, 5.74) is 0. The quantitative estimate of drug-likeness (QED) is 0.701. The summed E-state index contributed by atoms with van der Waals surface area (Å²) in [5.74, 6) is 0.291. The lowest BCUT2D eigenvalue weighted by atomic mass is 10.1. The fourth-order valence-corrected chi connectivity index (χ4v) is 5.89. The molecule has 1 atom stereocenters. The molecule has 0 aliphatic heterocycles. The van der Waals surface area contributed by atoms with Gasteiger partial charge in [0.2, 0.25) is 10.0 Å². The van der Waals surface area contributed by atoms with Gasteiger partial charge in [0.25, 0.3) is 0 Å². The first kappa shape index (κ1) is 16.5. The summed E-state index contributed by atoms with van der Waals surface area (Å²) in [6.45, 7) is 6.12. The van der Waals surface area contributed by atoms with E-state index >= 15 is 0 Å². The summed E-state index contributed by atoms with van der Waals surface area (Å²) >= 11 is 6.73. The summed E-state index contributed by atoms with van der Waals surface area (Å²) in [6.07, 6.45) is 1.93. The molecule has 0 N–H and O–H groups in total. The number of nitrogens with zero attached hydrogens (tertiary/aromatic N) is 1. The van der Waals surface area contributed by atoms with E-state index in [2.05, 4.69) is 45.7 Å². The number of sulfonamides is 1. The second-order valence-corrected chi connectivity index (χ2v) is 9.21. The Balaban J connectivity index is 2.45. The van der Waals surface area contributed by atoms with Gasteiger partial charge in [0.1, 0.15) is 0 Å². The molecular weight excluding hydrogens is 406 g/mol. The van der Waals surface area contributed by atoms with Gasteiger partial charge in [-0.2, -0.15) is 4.31 Å². The molecule has 20 heavy (non-hydrogen) atoms. The Kier molecular flexibility index (Phi) is 4.99. The fourth-order valence-electron chi connectivity index (χ4n) is 2.17. The van der Waals surface area contributed by atoms with Crippen LogP contribution in [0.25, 0.3) is 0 Å². The van der Waals surface area contributed by atoms with Gasteiger partial charge in [-0.1, -0.05) is 29.8 Å². The van der Waals surface area contributed by atoms with Crippen molar-refractivity contribution in [1.82, 2.24) is 4.31 Å². The Morgan fingerprint density at radius 2 is 1.80 bits per heavy atom. The first-order valence-electron chi connectivity index (χ1n) is 6.73. The van der Waals surface area contributed by atoms with E-state index in [9.17, 15) is 8.42 Å². The summed E-state index contributed by atoms with van der Waals surface area (Å²) < 4.78 is 29.1. The maximum Gasteiger partial charge on any atom is 0.244 e. The van der Waals surface area contributed by atoms with Crippen LogP contribution in [-0.4, -0.2) is 24.8 Å². The van der Waals surface area contributed by atoms with Gasteiger partial charge >= 0.3 is 0 Å². The fraction of sp³-hybridized carbons (Fsp3) is 0.571. The zero-order valence-electron chi connectivity index (χ0n) is 11.8. The number of benzene rings is 1. The van der Waals surface area contributed by atoms with Crippen molar-refractivity contribution in [3.63, 3.8) is 0 Å². The van der Waals surface area contributed by atoms with E-state index in [1.807, 2.05) is 6.92 Å². The number of rotatable bonds is 5. The van der Waals surface area contributed by atoms with Gasteiger partial charge < -0.3 is 0 Å². The van der Waals surface area contributed by atoms with Gasteiger partial charge in [-0.25, -0.2) is 8.42 Å². The van der Waals surface area contributed by atoms with Crippen LogP contribution in [0.3, 0.4) is 0 Å². The van der Waals surface area contributed by atoms with Gasteiger partial charge in [0.15, 0.2) is 0 Å². The van der Waals surface area contributed by atoms with Gasteiger partial charge in [0.05, 0.1) is 4.90 Å². The minimum absolute atomic E-state index is 0.00282. The zero-order valence-corrected chi connectivity index (χ0v) is 15.8. The SMILES string of the molecule is CC(C)C(C)N(C1CC1)S(=O)(=O)c1ccc(Br)cc1Br. The first-order chi connectivity index (χ1) is 9.25. The van der Waals surface area contributed by atoms with Crippen molar-refractivity contribution < 1.29 is 8.42 Å². The molecule has 3 nitrogen and oxygen atoms in total. The highest BCUT2D eigenvalue weighted by molar-refractivity contribution is 9.11. The van der Waals surface area contributed by atoms with E-state index in [0.717, 1.165) is 17.3 Å². The predicted octanol–water partition coefficient (Wildman–Crippen LogP) is 4.41. The number of hydrogen-bond acceptors (Lipinski definition) is 2. The molecule has 1 saturated carbocycles. The van der Waals surface area contributed by atoms with Crippen LogP contribution in [0.2, 0.25) is 0 Å². The monoisotopic (exact) mass is 423 g/mol. The number of hydrogen-bond donors (Lipinski definition) is 0. The Labute approximate surface area is 138 Å². The molecule has 0 radical (unpaired) electrons. The lowest BCUT2D eigenvalue weighted by molar-refractivity contribution is 0.269. The van der Waals surface area contributed by atoms with E-state index in [-0.39, 0.29) is 12.1 Å². The Hall–Kier alpha value is 0.0900. The molecule has 1 aliphatic rings. The smallest absolute Gasteiger partial charge is 0.207 e.